The van der Waals surface area contributed by atoms with Crippen LogP contribution in [-0.4, -0.2) is 51.9 Å². The Bertz CT molecular complexity index is 596. The highest BCUT2D eigenvalue weighted by Gasteiger charge is 2.88. The molecular formula is C11H4Cl4F14. The number of alkyl halides is 16. The van der Waals surface area contributed by atoms with Crippen LogP contribution < -0.4 is 0 Å². The van der Waals surface area contributed by atoms with E-state index in [0.717, 1.165) is 0 Å². The van der Waals surface area contributed by atoms with E-state index in [0.29, 0.717) is 0 Å². The summed E-state index contributed by atoms with van der Waals surface area (Å²) >= 11 is 19.8. The molecule has 0 radical (unpaired) electrons. The van der Waals surface area contributed by atoms with Gasteiger partial charge in [-0.05, 0) is 0 Å². The highest BCUT2D eigenvalue weighted by molar-refractivity contribution is 6.55. The molecule has 0 saturated carbocycles. The van der Waals surface area contributed by atoms with Crippen molar-refractivity contribution in [2.24, 2.45) is 0 Å². The van der Waals surface area contributed by atoms with Gasteiger partial charge in [-0.3, -0.25) is 0 Å². The zero-order chi connectivity index (χ0) is 24.0. The molecule has 0 aromatic carbocycles. The maximum Gasteiger partial charge on any atom is 0.437 e. The third kappa shape index (κ3) is 4.74. The van der Waals surface area contributed by atoms with Gasteiger partial charge in [0.15, 0.2) is 4.33 Å². The summed E-state index contributed by atoms with van der Waals surface area (Å²) < 4.78 is 177. The van der Waals surface area contributed by atoms with Gasteiger partial charge in [-0.2, -0.15) is 43.9 Å². The van der Waals surface area contributed by atoms with Gasteiger partial charge in [-0.25, -0.2) is 17.6 Å². The Kier molecular flexibility index (Phi) is 8.43. The second-order valence-electron chi connectivity index (χ2n) is 5.21. The van der Waals surface area contributed by atoms with Crippen LogP contribution in [0.25, 0.3) is 0 Å². The number of halogens is 18. The first-order valence-electron chi connectivity index (χ1n) is 6.29. The monoisotopic (exact) mass is 542 g/mol. The molecule has 0 aromatic rings. The molecule has 0 N–H and O–H groups in total. The Morgan fingerprint density at radius 3 is 1.34 bits per heavy atom. The largest absolute Gasteiger partial charge is 0.437 e. The van der Waals surface area contributed by atoms with E-state index in [4.69, 9.17) is 46.4 Å². The van der Waals surface area contributed by atoms with Crippen LogP contribution in [0.2, 0.25) is 0 Å². The summed E-state index contributed by atoms with van der Waals surface area (Å²) in [6, 6.07) is 0. The molecule has 0 aliphatic heterocycles. The summed E-state index contributed by atoms with van der Waals surface area (Å²) in [4.78, 5) is 0. The van der Waals surface area contributed by atoms with E-state index >= 15 is 0 Å². The van der Waals surface area contributed by atoms with Crippen molar-refractivity contribution in [3.8, 4) is 0 Å². The molecule has 174 valence electrons. The Labute approximate surface area is 171 Å². The van der Waals surface area contributed by atoms with Crippen LogP contribution in [0.3, 0.4) is 0 Å². The Balaban J connectivity index is 6.45. The molecule has 0 nitrogen and oxygen atoms in total. The number of rotatable bonds is 7. The molecule has 29 heavy (non-hydrogen) atoms. The van der Waals surface area contributed by atoms with Gasteiger partial charge < -0.3 is 0 Å². The molecule has 0 spiro atoms. The van der Waals surface area contributed by atoms with Crippen molar-refractivity contribution in [3.63, 3.8) is 0 Å². The normalized spacial score (nSPS) is 19.2. The quantitative estimate of drug-likeness (QED) is 0.229. The van der Waals surface area contributed by atoms with Crippen molar-refractivity contribution in [1.82, 2.24) is 0 Å². The lowest BCUT2D eigenvalue weighted by molar-refractivity contribution is -0.413. The highest BCUT2D eigenvalue weighted by Crippen LogP contribution is 2.59. The summed E-state index contributed by atoms with van der Waals surface area (Å²) in [5, 5.41) is -4.33. The molecule has 3 atom stereocenters. The van der Waals surface area contributed by atoms with Crippen molar-refractivity contribution in [2.75, 3.05) is 0 Å². The number of allylic oxidation sites excluding steroid dienone is 1. The van der Waals surface area contributed by atoms with Crippen molar-refractivity contribution in [3.05, 3.63) is 11.4 Å². The Hall–Kier alpha value is -0.0800. The number of hydrogen-bond donors (Lipinski definition) is 0. The van der Waals surface area contributed by atoms with Gasteiger partial charge in [0.25, 0.3) is 0 Å². The van der Waals surface area contributed by atoms with Gasteiger partial charge in [0, 0.05) is 0 Å². The first kappa shape index (κ1) is 28.9. The van der Waals surface area contributed by atoms with Crippen LogP contribution in [0.15, 0.2) is 11.4 Å². The van der Waals surface area contributed by atoms with Crippen molar-refractivity contribution in [1.29, 1.82) is 0 Å². The fourth-order valence-electron chi connectivity index (χ4n) is 1.71. The second-order valence-corrected chi connectivity index (χ2v) is 7.52. The highest BCUT2D eigenvalue weighted by atomic mass is 35.5. The van der Waals surface area contributed by atoms with Crippen LogP contribution in [0.4, 0.5) is 61.5 Å². The lowest BCUT2D eigenvalue weighted by atomic mass is 9.87. The van der Waals surface area contributed by atoms with Crippen LogP contribution >= 0.6 is 46.4 Å². The minimum Gasteiger partial charge on any atom is -0.237 e. The van der Waals surface area contributed by atoms with Crippen LogP contribution in [0.1, 0.15) is 0 Å². The zero-order valence-corrected chi connectivity index (χ0v) is 15.6. The summed E-state index contributed by atoms with van der Waals surface area (Å²) in [5.41, 5.74) is -7.88. The SMILES string of the molecule is FC=C(Cl)C(Cl)C(Cl)(Cl)C(F)C(F)(F)C(F)C(F)(F)C(F)(C(F)(F)F)C(F)(F)F. The summed E-state index contributed by atoms with van der Waals surface area (Å²) in [6.07, 6.45) is -27.1. The molecule has 18 heteroatoms. The van der Waals surface area contributed by atoms with E-state index in [1.54, 1.807) is 0 Å². The minimum atomic E-state index is -7.88. The smallest absolute Gasteiger partial charge is 0.237 e. The third-order valence-corrected chi connectivity index (χ3v) is 5.29. The predicted molar refractivity (Wildman–Crippen MR) is 74.8 cm³/mol. The molecular weight excluding hydrogens is 540 g/mol. The van der Waals surface area contributed by atoms with Crippen molar-refractivity contribution in [2.45, 2.75) is 51.9 Å². The standard InChI is InChI=1S/C11H4Cl4F14/c12-2(1-16)3(13)6(14,15)4(17)7(19,20)5(18)8(21,22)9(23,10(24,25)26)11(27,28)29/h1,3-5H. The molecule has 0 fully saturated rings. The van der Waals surface area contributed by atoms with E-state index < -0.39 is 63.3 Å². The Morgan fingerprint density at radius 2 is 1.07 bits per heavy atom. The minimum absolute atomic E-state index is 0.745. The Morgan fingerprint density at radius 1 is 0.724 bits per heavy atom. The zero-order valence-electron chi connectivity index (χ0n) is 12.6. The fraction of sp³-hybridized carbons (Fsp3) is 0.818. The molecule has 0 amide bonds. The predicted octanol–water partition coefficient (Wildman–Crippen LogP) is 7.60. The van der Waals surface area contributed by atoms with E-state index in [1.807, 2.05) is 0 Å². The van der Waals surface area contributed by atoms with Gasteiger partial charge in [0.2, 0.25) is 12.3 Å². The summed E-state index contributed by atoms with van der Waals surface area (Å²) in [7, 11) is 0. The molecule has 0 aliphatic rings. The molecule has 0 rings (SSSR count). The van der Waals surface area contributed by atoms with Crippen LogP contribution in [0.5, 0.6) is 0 Å². The van der Waals surface area contributed by atoms with Crippen molar-refractivity contribution >= 4 is 46.4 Å². The molecule has 0 saturated heterocycles. The number of hydrogen-bond acceptors (Lipinski definition) is 0. The fourth-order valence-corrected chi connectivity index (χ4v) is 2.68. The molecule has 3 unspecified atom stereocenters. The molecule has 0 aromatic heterocycles. The topological polar surface area (TPSA) is 0 Å². The van der Waals surface area contributed by atoms with E-state index in [-0.39, 0.29) is 0 Å². The van der Waals surface area contributed by atoms with E-state index in [9.17, 15) is 61.5 Å². The average Bonchev–Trinajstić information content (AvgIpc) is 2.55. The molecule has 0 aliphatic carbocycles. The summed E-state index contributed by atoms with van der Waals surface area (Å²) in [5.74, 6) is -14.3. The maximum atomic E-state index is 13.9. The maximum absolute atomic E-state index is 13.9. The lowest BCUT2D eigenvalue weighted by Crippen LogP contribution is -2.71. The van der Waals surface area contributed by atoms with E-state index in [1.165, 1.54) is 0 Å². The van der Waals surface area contributed by atoms with Gasteiger partial charge in [-0.1, -0.05) is 34.8 Å². The van der Waals surface area contributed by atoms with Crippen LogP contribution in [-0.2, 0) is 0 Å². The van der Waals surface area contributed by atoms with Crippen molar-refractivity contribution < 1.29 is 61.5 Å². The average molecular weight is 544 g/mol. The van der Waals surface area contributed by atoms with Gasteiger partial charge >= 0.3 is 29.9 Å². The van der Waals surface area contributed by atoms with Gasteiger partial charge in [0.05, 0.1) is 5.03 Å². The lowest BCUT2D eigenvalue weighted by Gasteiger charge is -2.41. The van der Waals surface area contributed by atoms with E-state index in [2.05, 4.69) is 0 Å². The van der Waals surface area contributed by atoms with Gasteiger partial charge in [-0.15, -0.1) is 11.6 Å². The summed E-state index contributed by atoms with van der Waals surface area (Å²) in [6.45, 7) is 0. The molecule has 0 heterocycles. The third-order valence-electron chi connectivity index (χ3n) is 3.26. The van der Waals surface area contributed by atoms with Crippen LogP contribution in [0, 0.1) is 0 Å². The first-order valence-corrected chi connectivity index (χ1v) is 7.86. The second kappa shape index (κ2) is 8.45. The van der Waals surface area contributed by atoms with Gasteiger partial charge in [0.1, 0.15) is 11.7 Å². The first-order chi connectivity index (χ1) is 12.5. The molecule has 0 bridgehead atoms.